The van der Waals surface area contributed by atoms with E-state index in [4.69, 9.17) is 9.72 Å². The number of fused-ring (bicyclic) bond motifs is 2. The Balaban J connectivity index is 0.700. The number of carbonyl (C=O) groups excluding carboxylic acids is 4. The molecule has 390 valence electrons. The fourth-order valence-electron chi connectivity index (χ4n) is 11.5. The largest absolute Gasteiger partial charge is 0.494 e. The fourth-order valence-corrected chi connectivity index (χ4v) is 13.2. The highest BCUT2D eigenvalue weighted by atomic mass is 79.9. The zero-order chi connectivity index (χ0) is 52.1. The molecule has 4 fully saturated rings. The lowest BCUT2D eigenvalue weighted by atomic mass is 9.92. The molecule has 5 aliphatic rings. The van der Waals surface area contributed by atoms with Crippen LogP contribution < -0.4 is 35.8 Å². The van der Waals surface area contributed by atoms with Gasteiger partial charge in [0, 0.05) is 119 Å². The Morgan fingerprint density at radius 2 is 1.55 bits per heavy atom. The summed E-state index contributed by atoms with van der Waals surface area (Å²) in [5, 5.41) is 14.2. The Labute approximate surface area is 443 Å². The van der Waals surface area contributed by atoms with Crippen molar-refractivity contribution in [2.75, 3.05) is 99.8 Å². The molecule has 1 atom stereocenters. The second-order valence-electron chi connectivity index (χ2n) is 20.5. The predicted octanol–water partition coefficient (Wildman–Crippen LogP) is 6.23. The van der Waals surface area contributed by atoms with Gasteiger partial charge in [-0.15, -0.1) is 0 Å². The van der Waals surface area contributed by atoms with Crippen LogP contribution in [0.5, 0.6) is 5.75 Å². The molecule has 0 saturated carbocycles. The molecule has 4 amide bonds. The zero-order valence-corrected chi connectivity index (χ0v) is 44.9. The summed E-state index contributed by atoms with van der Waals surface area (Å²) in [4.78, 5) is 80.4. The quantitative estimate of drug-likeness (QED) is 0.0863. The molecule has 3 N–H and O–H groups in total. The summed E-state index contributed by atoms with van der Waals surface area (Å²) in [6.07, 6.45) is 13.5. The second kappa shape index (κ2) is 20.7. The van der Waals surface area contributed by atoms with E-state index < -0.39 is 30.9 Å². The van der Waals surface area contributed by atoms with Crippen LogP contribution >= 0.6 is 23.1 Å². The van der Waals surface area contributed by atoms with Gasteiger partial charge in [0.2, 0.25) is 17.8 Å². The van der Waals surface area contributed by atoms with Gasteiger partial charge in [-0.25, -0.2) is 4.98 Å². The van der Waals surface area contributed by atoms with Crippen LogP contribution in [0.4, 0.5) is 34.5 Å². The molecule has 22 heteroatoms. The van der Waals surface area contributed by atoms with Crippen molar-refractivity contribution in [2.45, 2.75) is 50.6 Å². The number of rotatable bonds is 13. The number of methoxy groups -OCH3 is 1. The monoisotopic (exact) mass is 1100 g/mol. The number of imide groups is 2. The summed E-state index contributed by atoms with van der Waals surface area (Å²) in [6, 6.07) is 12.8. The Kier molecular flexibility index (Phi) is 13.9. The molecule has 0 bridgehead atoms. The third-order valence-electron chi connectivity index (χ3n) is 15.4. The maximum atomic E-state index is 13.6. The molecule has 75 heavy (non-hydrogen) atoms. The molecule has 1 unspecified atom stereocenters. The first-order chi connectivity index (χ1) is 36.2. The van der Waals surface area contributed by atoms with E-state index >= 15 is 0 Å². The highest BCUT2D eigenvalue weighted by molar-refractivity contribution is 9.10. The third-order valence-corrected chi connectivity index (χ3v) is 17.5. The normalized spacial score (nSPS) is 19.5. The molecule has 8 heterocycles. The molecule has 11 rings (SSSR count). The minimum atomic E-state index is -2.81. The van der Waals surface area contributed by atoms with Gasteiger partial charge in [0.15, 0.2) is 0 Å². The number of aromatic nitrogens is 6. The van der Waals surface area contributed by atoms with E-state index in [2.05, 4.69) is 83.7 Å². The standard InChI is InChI=1S/C53H60BrN14O6P/c1-63-31-33(28-58-63)37-26-42(60-53-57-29-39(54)49(62-53)59-41-8-7-40-47(56-16-15-55-40)48(41)75(3,4)73)45(74-2)27-44(37)67-19-13-34(14-20-67)65-17-11-32(12-18-65)30-64-21-23-66(24-22-64)35-5-6-36-38(25-35)52(72)68(51(36)71)43-9-10-46(69)61-50(43)70/h5-8,15-16,25-29,31-32,34,43H,9-14,17-24,30H2,1-4H3,(H,61,69,70)(H2,57,59,60,62). The number of carbonyl (C=O) groups is 4. The van der Waals surface area contributed by atoms with E-state index in [1.54, 1.807) is 51.2 Å². The number of anilines is 6. The molecule has 0 radical (unpaired) electrons. The van der Waals surface area contributed by atoms with Crippen LogP contribution in [0.1, 0.15) is 59.2 Å². The fraction of sp³-hybridized carbons (Fsp3) is 0.415. The third kappa shape index (κ3) is 10.2. The predicted molar refractivity (Wildman–Crippen MR) is 291 cm³/mol. The number of hydrogen-bond acceptors (Lipinski definition) is 17. The summed E-state index contributed by atoms with van der Waals surface area (Å²) >= 11 is 3.62. The number of piperazine rings is 1. The average molecular weight is 1100 g/mol. The number of hydrogen-bond donors (Lipinski definition) is 3. The number of aryl methyl sites for hydroxylation is 1. The van der Waals surface area contributed by atoms with Gasteiger partial charge in [-0.1, -0.05) is 0 Å². The molecule has 0 spiro atoms. The van der Waals surface area contributed by atoms with Crippen molar-refractivity contribution in [3.05, 3.63) is 89.0 Å². The second-order valence-corrected chi connectivity index (χ2v) is 24.5. The molecular weight excluding hydrogens is 1040 g/mol. The van der Waals surface area contributed by atoms with Gasteiger partial charge in [-0.05, 0) is 117 Å². The van der Waals surface area contributed by atoms with E-state index in [1.807, 2.05) is 42.3 Å². The Hall–Kier alpha value is -6.80. The van der Waals surface area contributed by atoms with Gasteiger partial charge >= 0.3 is 0 Å². The van der Waals surface area contributed by atoms with Crippen molar-refractivity contribution in [1.82, 2.24) is 49.7 Å². The van der Waals surface area contributed by atoms with Gasteiger partial charge in [-0.2, -0.15) is 10.1 Å². The number of halogens is 1. The van der Waals surface area contributed by atoms with Gasteiger partial charge in [0.05, 0.1) is 51.1 Å². The first-order valence-electron chi connectivity index (χ1n) is 25.6. The number of ether oxygens (including phenoxy) is 1. The number of piperidine rings is 3. The minimum Gasteiger partial charge on any atom is -0.494 e. The van der Waals surface area contributed by atoms with E-state index in [9.17, 15) is 23.7 Å². The van der Waals surface area contributed by atoms with Crippen LogP contribution in [-0.2, 0) is 21.2 Å². The van der Waals surface area contributed by atoms with Gasteiger partial charge < -0.3 is 34.6 Å². The summed E-state index contributed by atoms with van der Waals surface area (Å²) in [7, 11) is 0.779. The Morgan fingerprint density at radius 3 is 2.27 bits per heavy atom. The Bertz CT molecular complexity index is 3270. The van der Waals surface area contributed by atoms with Crippen molar-refractivity contribution in [3.8, 4) is 16.9 Å². The molecule has 5 aliphatic heterocycles. The van der Waals surface area contributed by atoms with Crippen LogP contribution in [0.25, 0.3) is 22.2 Å². The first kappa shape index (κ1) is 50.4. The van der Waals surface area contributed by atoms with Crippen LogP contribution in [0, 0.1) is 5.92 Å². The number of nitrogens with zero attached hydrogens (tertiary/aromatic N) is 11. The van der Waals surface area contributed by atoms with Crippen molar-refractivity contribution in [3.63, 3.8) is 0 Å². The topological polar surface area (TPSA) is 216 Å². The first-order valence-corrected chi connectivity index (χ1v) is 29.0. The highest BCUT2D eigenvalue weighted by Gasteiger charge is 2.45. The summed E-state index contributed by atoms with van der Waals surface area (Å²) in [6.45, 7) is 12.0. The number of likely N-dealkylation sites (tertiary alicyclic amines) is 1. The number of amides is 4. The maximum Gasteiger partial charge on any atom is 0.262 e. The van der Waals surface area contributed by atoms with Crippen LogP contribution in [-0.4, -0.2) is 159 Å². The minimum absolute atomic E-state index is 0.0915. The summed E-state index contributed by atoms with van der Waals surface area (Å²) < 4.78 is 22.1. The van der Waals surface area contributed by atoms with E-state index in [-0.39, 0.29) is 18.7 Å². The van der Waals surface area contributed by atoms with Gasteiger partial charge in [0.1, 0.15) is 30.3 Å². The van der Waals surface area contributed by atoms with Gasteiger partial charge in [-0.3, -0.25) is 48.9 Å². The van der Waals surface area contributed by atoms with Crippen molar-refractivity contribution in [1.29, 1.82) is 0 Å². The molecule has 6 aromatic rings. The molecule has 3 aromatic heterocycles. The average Bonchev–Trinajstić information content (AvgIpc) is 3.96. The lowest BCUT2D eigenvalue weighted by molar-refractivity contribution is -0.136. The van der Waals surface area contributed by atoms with E-state index in [0.29, 0.717) is 72.8 Å². The lowest BCUT2D eigenvalue weighted by Gasteiger charge is -2.44. The smallest absolute Gasteiger partial charge is 0.262 e. The van der Waals surface area contributed by atoms with E-state index in [0.717, 1.165) is 99.1 Å². The Morgan fingerprint density at radius 1 is 0.787 bits per heavy atom. The maximum absolute atomic E-state index is 13.6. The van der Waals surface area contributed by atoms with Crippen LogP contribution in [0.2, 0.25) is 0 Å². The lowest BCUT2D eigenvalue weighted by Crippen LogP contribution is -2.54. The van der Waals surface area contributed by atoms with E-state index in [1.165, 1.54) is 12.8 Å². The van der Waals surface area contributed by atoms with Crippen LogP contribution in [0.15, 0.2) is 77.9 Å². The SMILES string of the molecule is COc1cc(N2CCC(N3CCC(CN4CCN(c5ccc6c(c5)C(=O)N(C5CCC(=O)NC5=O)C6=O)CC4)CC3)CC2)c(-c2cnn(C)c2)cc1Nc1ncc(Br)c(Nc2ccc3nccnc3c2P(C)(C)=O)n1. The molecule has 0 aliphatic carbocycles. The summed E-state index contributed by atoms with van der Waals surface area (Å²) in [5.74, 6) is 0.142. The van der Waals surface area contributed by atoms with Crippen molar-refractivity contribution < 1.29 is 28.5 Å². The van der Waals surface area contributed by atoms with Crippen LogP contribution in [0.3, 0.4) is 0 Å². The number of benzene rings is 3. The highest BCUT2D eigenvalue weighted by Crippen LogP contribution is 2.44. The molecule has 20 nitrogen and oxygen atoms in total. The molecule has 4 saturated heterocycles. The number of nitrogens with one attached hydrogen (secondary N) is 3. The van der Waals surface area contributed by atoms with Crippen molar-refractivity contribution >= 4 is 97.6 Å². The summed E-state index contributed by atoms with van der Waals surface area (Å²) in [5.41, 5.74) is 7.15. The van der Waals surface area contributed by atoms with Crippen molar-refractivity contribution in [2.24, 2.45) is 13.0 Å². The zero-order valence-electron chi connectivity index (χ0n) is 42.5. The van der Waals surface area contributed by atoms with Gasteiger partial charge in [0.25, 0.3) is 11.8 Å². The molecule has 3 aromatic carbocycles. The molecular formula is C53H60BrN14O6P.